The number of rotatable bonds is 1. The van der Waals surface area contributed by atoms with Crippen LogP contribution in [-0.2, 0) is 0 Å². The molecular weight excluding hydrogens is 169 g/mol. The number of anilines is 1. The first-order chi connectivity index (χ1) is 6.25. The minimum absolute atomic E-state index is 0.260. The number of halogens is 1. The maximum absolute atomic E-state index is 12.6. The Morgan fingerprint density at radius 1 is 1.23 bits per heavy atom. The van der Waals surface area contributed by atoms with Gasteiger partial charge in [0.05, 0.1) is 23.8 Å². The van der Waals surface area contributed by atoms with Crippen molar-refractivity contribution in [2.75, 3.05) is 5.73 Å². The van der Waals surface area contributed by atoms with E-state index < -0.39 is 0 Å². The molecule has 66 valence electrons. The molecule has 0 bridgehead atoms. The van der Waals surface area contributed by atoms with Gasteiger partial charge in [-0.2, -0.15) is 5.10 Å². The molecule has 1 aromatic heterocycles. The van der Waals surface area contributed by atoms with Gasteiger partial charge in [-0.3, -0.25) is 0 Å². The number of nitrogen functional groups attached to an aromatic ring is 1. The highest BCUT2D eigenvalue weighted by atomic mass is 19.1. The van der Waals surface area contributed by atoms with Crippen molar-refractivity contribution in [1.29, 1.82) is 0 Å². The predicted molar refractivity (Wildman–Crippen MR) is 47.9 cm³/mol. The highest BCUT2D eigenvalue weighted by Gasteiger charge is 1.97. The molecule has 0 aliphatic heterocycles. The average molecular weight is 177 g/mol. The van der Waals surface area contributed by atoms with Crippen LogP contribution in [0.15, 0.2) is 36.7 Å². The molecule has 0 spiro atoms. The van der Waals surface area contributed by atoms with Crippen LogP contribution in [0.5, 0.6) is 0 Å². The van der Waals surface area contributed by atoms with Crippen molar-refractivity contribution < 1.29 is 4.39 Å². The molecule has 0 aliphatic carbocycles. The van der Waals surface area contributed by atoms with Crippen LogP contribution in [-0.4, -0.2) is 9.78 Å². The fourth-order valence-electron chi connectivity index (χ4n) is 1.07. The maximum atomic E-state index is 12.6. The van der Waals surface area contributed by atoms with Crippen LogP contribution in [0.4, 0.5) is 10.1 Å². The van der Waals surface area contributed by atoms with E-state index in [0.717, 1.165) is 5.69 Å². The molecule has 2 rings (SSSR count). The van der Waals surface area contributed by atoms with Gasteiger partial charge in [-0.25, -0.2) is 9.07 Å². The molecule has 0 radical (unpaired) electrons. The molecular formula is C9H8FN3. The van der Waals surface area contributed by atoms with Crippen molar-refractivity contribution in [2.24, 2.45) is 0 Å². The van der Waals surface area contributed by atoms with E-state index in [1.54, 1.807) is 29.2 Å². The van der Waals surface area contributed by atoms with E-state index in [2.05, 4.69) is 5.10 Å². The zero-order valence-corrected chi connectivity index (χ0v) is 6.81. The number of hydrogen-bond donors (Lipinski definition) is 1. The van der Waals surface area contributed by atoms with Crippen LogP contribution in [0.2, 0.25) is 0 Å². The smallest absolute Gasteiger partial charge is 0.123 e. The molecule has 0 atom stereocenters. The standard InChI is InChI=1S/C9H8FN3/c10-7-1-3-9(4-2-7)13-6-8(11)5-12-13/h1-6H,11H2. The largest absolute Gasteiger partial charge is 0.396 e. The van der Waals surface area contributed by atoms with Crippen molar-refractivity contribution in [3.05, 3.63) is 42.5 Å². The van der Waals surface area contributed by atoms with Crippen molar-refractivity contribution in [3.63, 3.8) is 0 Å². The second kappa shape index (κ2) is 2.90. The Morgan fingerprint density at radius 3 is 2.46 bits per heavy atom. The minimum Gasteiger partial charge on any atom is -0.396 e. The highest BCUT2D eigenvalue weighted by molar-refractivity contribution is 5.37. The van der Waals surface area contributed by atoms with Gasteiger partial charge in [0.1, 0.15) is 5.82 Å². The molecule has 13 heavy (non-hydrogen) atoms. The van der Waals surface area contributed by atoms with Crippen LogP contribution in [0.1, 0.15) is 0 Å². The van der Waals surface area contributed by atoms with E-state index in [9.17, 15) is 4.39 Å². The van der Waals surface area contributed by atoms with Crippen molar-refractivity contribution in [3.8, 4) is 5.69 Å². The van der Waals surface area contributed by atoms with E-state index >= 15 is 0 Å². The first-order valence-electron chi connectivity index (χ1n) is 3.82. The van der Waals surface area contributed by atoms with Gasteiger partial charge in [0, 0.05) is 0 Å². The Labute approximate surface area is 74.6 Å². The van der Waals surface area contributed by atoms with Crippen LogP contribution in [0, 0.1) is 5.82 Å². The molecule has 0 unspecified atom stereocenters. The van der Waals surface area contributed by atoms with Crippen molar-refractivity contribution in [1.82, 2.24) is 9.78 Å². The van der Waals surface area contributed by atoms with Crippen LogP contribution < -0.4 is 5.73 Å². The monoisotopic (exact) mass is 177 g/mol. The Hall–Kier alpha value is -1.84. The van der Waals surface area contributed by atoms with Gasteiger partial charge in [-0.1, -0.05) is 0 Å². The van der Waals surface area contributed by atoms with Crippen LogP contribution >= 0.6 is 0 Å². The maximum Gasteiger partial charge on any atom is 0.123 e. The van der Waals surface area contributed by atoms with Gasteiger partial charge in [-0.15, -0.1) is 0 Å². The third-order valence-electron chi connectivity index (χ3n) is 1.69. The van der Waals surface area contributed by atoms with Gasteiger partial charge >= 0.3 is 0 Å². The van der Waals surface area contributed by atoms with E-state index in [0.29, 0.717) is 5.69 Å². The second-order valence-electron chi connectivity index (χ2n) is 2.69. The van der Waals surface area contributed by atoms with Crippen LogP contribution in [0.3, 0.4) is 0 Å². The molecule has 4 heteroatoms. The minimum atomic E-state index is -0.260. The third kappa shape index (κ3) is 1.51. The number of hydrogen-bond acceptors (Lipinski definition) is 2. The molecule has 2 N–H and O–H groups in total. The lowest BCUT2D eigenvalue weighted by Crippen LogP contribution is -1.93. The summed E-state index contributed by atoms with van der Waals surface area (Å²) in [5.74, 6) is -0.260. The molecule has 0 amide bonds. The first kappa shape index (κ1) is 7.79. The number of nitrogens with two attached hydrogens (primary N) is 1. The molecule has 0 fully saturated rings. The number of benzene rings is 1. The van der Waals surface area contributed by atoms with Crippen LogP contribution in [0.25, 0.3) is 5.69 Å². The molecule has 0 saturated carbocycles. The SMILES string of the molecule is Nc1cnn(-c2ccc(F)cc2)c1. The molecule has 3 nitrogen and oxygen atoms in total. The predicted octanol–water partition coefficient (Wildman–Crippen LogP) is 1.59. The van der Waals surface area contributed by atoms with Gasteiger partial charge in [0.15, 0.2) is 0 Å². The summed E-state index contributed by atoms with van der Waals surface area (Å²) in [7, 11) is 0. The summed E-state index contributed by atoms with van der Waals surface area (Å²) >= 11 is 0. The molecule has 2 aromatic rings. The fraction of sp³-hybridized carbons (Fsp3) is 0. The van der Waals surface area contributed by atoms with E-state index in [1.165, 1.54) is 12.1 Å². The summed E-state index contributed by atoms with van der Waals surface area (Å²) < 4.78 is 14.1. The summed E-state index contributed by atoms with van der Waals surface area (Å²) in [6.07, 6.45) is 3.22. The van der Waals surface area contributed by atoms with E-state index in [1.807, 2.05) is 0 Å². The molecule has 0 aliphatic rings. The average Bonchev–Trinajstić information content (AvgIpc) is 2.53. The quantitative estimate of drug-likeness (QED) is 0.718. The van der Waals surface area contributed by atoms with Gasteiger partial charge in [-0.05, 0) is 24.3 Å². The van der Waals surface area contributed by atoms with Gasteiger partial charge < -0.3 is 5.73 Å². The Balaban J connectivity index is 2.41. The lowest BCUT2D eigenvalue weighted by Gasteiger charge is -1.99. The zero-order valence-electron chi connectivity index (χ0n) is 6.81. The fourth-order valence-corrected chi connectivity index (χ4v) is 1.07. The number of aromatic nitrogens is 2. The Morgan fingerprint density at radius 2 is 1.92 bits per heavy atom. The second-order valence-corrected chi connectivity index (χ2v) is 2.69. The first-order valence-corrected chi connectivity index (χ1v) is 3.82. The Kier molecular flexibility index (Phi) is 1.73. The highest BCUT2D eigenvalue weighted by Crippen LogP contribution is 2.09. The van der Waals surface area contributed by atoms with Crippen molar-refractivity contribution in [2.45, 2.75) is 0 Å². The normalized spacial score (nSPS) is 10.2. The zero-order chi connectivity index (χ0) is 9.26. The number of nitrogens with zero attached hydrogens (tertiary/aromatic N) is 2. The topological polar surface area (TPSA) is 43.8 Å². The molecule has 1 aromatic carbocycles. The summed E-state index contributed by atoms with van der Waals surface area (Å²) in [5, 5.41) is 3.98. The summed E-state index contributed by atoms with van der Waals surface area (Å²) in [6.45, 7) is 0. The van der Waals surface area contributed by atoms with E-state index in [4.69, 9.17) is 5.73 Å². The van der Waals surface area contributed by atoms with Crippen molar-refractivity contribution >= 4 is 5.69 Å². The molecule has 0 saturated heterocycles. The summed E-state index contributed by atoms with van der Waals surface area (Å²) in [5.41, 5.74) is 6.87. The summed E-state index contributed by atoms with van der Waals surface area (Å²) in [4.78, 5) is 0. The summed E-state index contributed by atoms with van der Waals surface area (Å²) in [6, 6.07) is 6.05. The van der Waals surface area contributed by atoms with E-state index in [-0.39, 0.29) is 5.82 Å². The lowest BCUT2D eigenvalue weighted by molar-refractivity contribution is 0.627. The third-order valence-corrected chi connectivity index (χ3v) is 1.69. The van der Waals surface area contributed by atoms with Gasteiger partial charge in [0.25, 0.3) is 0 Å². The van der Waals surface area contributed by atoms with Gasteiger partial charge in [0.2, 0.25) is 0 Å². The molecule has 1 heterocycles. The Bertz CT molecular complexity index is 405. The lowest BCUT2D eigenvalue weighted by atomic mass is 10.3.